The lowest BCUT2D eigenvalue weighted by molar-refractivity contribution is -0.140. The Bertz CT molecular complexity index is 1230. The fourth-order valence-electron chi connectivity index (χ4n) is 4.21. The third-order valence-electron chi connectivity index (χ3n) is 5.87. The maximum atomic E-state index is 13.3. The van der Waals surface area contributed by atoms with Gasteiger partial charge in [0.05, 0.1) is 23.9 Å². The Kier molecular flexibility index (Phi) is 7.07. The van der Waals surface area contributed by atoms with Crippen LogP contribution in [0.4, 0.5) is 18.9 Å². The third-order valence-corrected chi connectivity index (χ3v) is 6.10. The molecule has 1 fully saturated rings. The van der Waals surface area contributed by atoms with E-state index in [-0.39, 0.29) is 29.1 Å². The lowest BCUT2D eigenvalue weighted by atomic mass is 9.86. The fourth-order valence-corrected chi connectivity index (χ4v) is 4.38. The van der Waals surface area contributed by atoms with Gasteiger partial charge in [0.1, 0.15) is 11.4 Å². The van der Waals surface area contributed by atoms with Gasteiger partial charge in [0.2, 0.25) is 0 Å². The Morgan fingerprint density at radius 3 is 2.76 bits per heavy atom. The highest BCUT2D eigenvalue weighted by molar-refractivity contribution is 6.31. The van der Waals surface area contributed by atoms with Crippen molar-refractivity contribution in [1.29, 1.82) is 0 Å². The van der Waals surface area contributed by atoms with Gasteiger partial charge in [-0.15, -0.1) is 0 Å². The first kappa shape index (κ1) is 24.0. The molecule has 0 radical (unpaired) electrons. The number of nitrogens with one attached hydrogen (secondary N) is 1. The standard InChI is InChI=1S/C25H23ClF3N3O2/c1-34-22-8-3-2-7-18(22)24(33)31-17-6-4-5-15(11-17)14-30-21-13-23(25(27,28)29)32-20-10-9-16(26)12-19(20)21/h2-3,7-10,12-15,17H,4-6,11H2,1H3,(H,31,33). The lowest BCUT2D eigenvalue weighted by Gasteiger charge is -2.28. The summed E-state index contributed by atoms with van der Waals surface area (Å²) in [7, 11) is 1.51. The Labute approximate surface area is 200 Å². The van der Waals surface area contributed by atoms with Gasteiger partial charge in [-0.2, -0.15) is 13.2 Å². The fraction of sp³-hybridized carbons (Fsp3) is 0.320. The van der Waals surface area contributed by atoms with Crippen molar-refractivity contribution in [2.24, 2.45) is 10.9 Å². The zero-order valence-electron chi connectivity index (χ0n) is 18.4. The molecule has 1 amide bonds. The van der Waals surface area contributed by atoms with Gasteiger partial charge in [-0.05, 0) is 61.6 Å². The minimum Gasteiger partial charge on any atom is -0.496 e. The number of nitrogens with zero attached hydrogens (tertiary/aromatic N) is 2. The summed E-state index contributed by atoms with van der Waals surface area (Å²) in [5.74, 6) is 0.288. The molecule has 0 saturated heterocycles. The molecule has 4 rings (SSSR count). The first-order valence-electron chi connectivity index (χ1n) is 10.9. The van der Waals surface area contributed by atoms with Crippen molar-refractivity contribution in [3.63, 3.8) is 0 Å². The number of aliphatic imine (C=N–C) groups is 1. The highest BCUT2D eigenvalue weighted by Gasteiger charge is 2.33. The number of aromatic nitrogens is 1. The number of benzene rings is 2. The predicted octanol–water partition coefficient (Wildman–Crippen LogP) is 6.61. The van der Waals surface area contributed by atoms with Crippen LogP contribution < -0.4 is 10.1 Å². The molecule has 0 spiro atoms. The Hall–Kier alpha value is -3.13. The van der Waals surface area contributed by atoms with E-state index in [1.165, 1.54) is 19.2 Å². The summed E-state index contributed by atoms with van der Waals surface area (Å²) >= 11 is 6.06. The SMILES string of the molecule is COc1ccccc1C(=O)NC1CCCC(C=Nc2cc(C(F)(F)F)nc3ccc(Cl)cc23)C1. The largest absolute Gasteiger partial charge is 0.496 e. The second kappa shape index (κ2) is 10.0. The molecule has 0 bridgehead atoms. The molecule has 2 unspecified atom stereocenters. The van der Waals surface area contributed by atoms with Crippen molar-refractivity contribution in [2.75, 3.05) is 7.11 Å². The van der Waals surface area contributed by atoms with Crippen molar-refractivity contribution in [3.8, 4) is 5.75 Å². The number of hydrogen-bond acceptors (Lipinski definition) is 4. The molecule has 34 heavy (non-hydrogen) atoms. The van der Waals surface area contributed by atoms with Crippen LogP contribution in [-0.2, 0) is 6.18 Å². The van der Waals surface area contributed by atoms with Crippen LogP contribution in [0.3, 0.4) is 0 Å². The minimum absolute atomic E-state index is 0.00783. The van der Waals surface area contributed by atoms with Gasteiger partial charge in [-0.1, -0.05) is 30.2 Å². The van der Waals surface area contributed by atoms with Gasteiger partial charge in [0.25, 0.3) is 5.91 Å². The van der Waals surface area contributed by atoms with E-state index < -0.39 is 11.9 Å². The molecule has 178 valence electrons. The predicted molar refractivity (Wildman–Crippen MR) is 126 cm³/mol. The van der Waals surface area contributed by atoms with Crippen LogP contribution >= 0.6 is 11.6 Å². The normalized spacial score (nSPS) is 18.9. The number of carbonyl (C=O) groups is 1. The number of alkyl halides is 3. The van der Waals surface area contributed by atoms with Gasteiger partial charge in [-0.3, -0.25) is 9.79 Å². The first-order chi connectivity index (χ1) is 16.2. The number of ether oxygens (including phenoxy) is 1. The smallest absolute Gasteiger partial charge is 0.433 e. The molecule has 1 saturated carbocycles. The number of halogens is 4. The number of fused-ring (bicyclic) bond motifs is 1. The maximum Gasteiger partial charge on any atom is 0.433 e. The zero-order valence-corrected chi connectivity index (χ0v) is 19.2. The van der Waals surface area contributed by atoms with Gasteiger partial charge in [0, 0.05) is 22.7 Å². The van der Waals surface area contributed by atoms with Crippen molar-refractivity contribution in [2.45, 2.75) is 37.9 Å². The number of carbonyl (C=O) groups excluding carboxylic acids is 1. The summed E-state index contributed by atoms with van der Waals surface area (Å²) in [6.45, 7) is 0. The number of rotatable bonds is 5. The van der Waals surface area contributed by atoms with Crippen LogP contribution in [-0.4, -0.2) is 30.3 Å². The Morgan fingerprint density at radius 2 is 2.00 bits per heavy atom. The highest BCUT2D eigenvalue weighted by Crippen LogP contribution is 2.35. The quantitative estimate of drug-likeness (QED) is 0.410. The van der Waals surface area contributed by atoms with Crippen LogP contribution in [0, 0.1) is 5.92 Å². The van der Waals surface area contributed by atoms with E-state index in [0.717, 1.165) is 25.3 Å². The molecule has 0 aliphatic heterocycles. The van der Waals surface area contributed by atoms with Gasteiger partial charge < -0.3 is 10.1 Å². The van der Waals surface area contributed by atoms with E-state index in [9.17, 15) is 18.0 Å². The van der Waals surface area contributed by atoms with E-state index in [1.54, 1.807) is 36.5 Å². The topological polar surface area (TPSA) is 63.6 Å². The van der Waals surface area contributed by atoms with E-state index in [0.29, 0.717) is 28.1 Å². The van der Waals surface area contributed by atoms with E-state index in [4.69, 9.17) is 16.3 Å². The van der Waals surface area contributed by atoms with Crippen LogP contribution in [0.2, 0.25) is 5.02 Å². The van der Waals surface area contributed by atoms with Crippen LogP contribution in [0.25, 0.3) is 10.9 Å². The number of hydrogen-bond donors (Lipinski definition) is 1. The number of para-hydroxylation sites is 1. The Morgan fingerprint density at radius 1 is 1.21 bits per heavy atom. The molecule has 9 heteroatoms. The number of amides is 1. The zero-order chi connectivity index (χ0) is 24.3. The molecule has 5 nitrogen and oxygen atoms in total. The molecule has 1 N–H and O–H groups in total. The van der Waals surface area contributed by atoms with Crippen LogP contribution in [0.5, 0.6) is 5.75 Å². The second-order valence-corrected chi connectivity index (χ2v) is 8.70. The van der Waals surface area contributed by atoms with Crippen LogP contribution in [0.1, 0.15) is 41.7 Å². The van der Waals surface area contributed by atoms with E-state index >= 15 is 0 Å². The van der Waals surface area contributed by atoms with Gasteiger partial charge >= 0.3 is 6.18 Å². The van der Waals surface area contributed by atoms with Crippen molar-refractivity contribution in [3.05, 3.63) is 64.8 Å². The molecule has 2 aromatic carbocycles. The molecular weight excluding hydrogens is 467 g/mol. The summed E-state index contributed by atoms with van der Waals surface area (Å²) in [6.07, 6.45) is 0.246. The molecule has 1 aromatic heterocycles. The first-order valence-corrected chi connectivity index (χ1v) is 11.3. The molecule has 1 aliphatic carbocycles. The summed E-state index contributed by atoms with van der Waals surface area (Å²) in [5, 5.41) is 3.89. The van der Waals surface area contributed by atoms with Gasteiger partial charge in [-0.25, -0.2) is 4.98 Å². The summed E-state index contributed by atoms with van der Waals surface area (Å²) < 4.78 is 45.3. The summed E-state index contributed by atoms with van der Waals surface area (Å²) in [5.41, 5.74) is -0.197. The van der Waals surface area contributed by atoms with Gasteiger partial charge in [0.15, 0.2) is 0 Å². The number of pyridine rings is 1. The van der Waals surface area contributed by atoms with Crippen molar-refractivity contribution < 1.29 is 22.7 Å². The highest BCUT2D eigenvalue weighted by atomic mass is 35.5. The average molecular weight is 490 g/mol. The monoisotopic (exact) mass is 489 g/mol. The van der Waals surface area contributed by atoms with Crippen molar-refractivity contribution in [1.82, 2.24) is 10.3 Å². The molecule has 2 atom stereocenters. The van der Waals surface area contributed by atoms with E-state index in [2.05, 4.69) is 15.3 Å². The van der Waals surface area contributed by atoms with E-state index in [1.807, 2.05) is 0 Å². The minimum atomic E-state index is -4.59. The summed E-state index contributed by atoms with van der Waals surface area (Å²) in [4.78, 5) is 20.9. The maximum absolute atomic E-state index is 13.3. The Balaban J connectivity index is 1.53. The average Bonchev–Trinajstić information content (AvgIpc) is 2.82. The molecule has 1 aliphatic rings. The summed E-state index contributed by atoms with van der Waals surface area (Å²) in [6, 6.07) is 12.4. The number of methoxy groups -OCH3 is 1. The van der Waals surface area contributed by atoms with Crippen molar-refractivity contribution >= 4 is 40.3 Å². The molecule has 1 heterocycles. The molecule has 3 aromatic rings. The van der Waals surface area contributed by atoms with Crippen LogP contribution in [0.15, 0.2) is 53.5 Å². The third kappa shape index (κ3) is 5.50. The molecular formula is C25H23ClF3N3O2. The second-order valence-electron chi connectivity index (χ2n) is 8.26. The lowest BCUT2D eigenvalue weighted by Crippen LogP contribution is -2.38.